The molecule has 18 heavy (non-hydrogen) atoms. The summed E-state index contributed by atoms with van der Waals surface area (Å²) in [5.41, 5.74) is 0.566. The Bertz CT molecular complexity index is 525. The van der Waals surface area contributed by atoms with Gasteiger partial charge in [0.15, 0.2) is 5.03 Å². The summed E-state index contributed by atoms with van der Waals surface area (Å²) < 4.78 is 26.2. The molecule has 1 aromatic rings. The zero-order valence-corrected chi connectivity index (χ0v) is 11.3. The highest BCUT2D eigenvalue weighted by Crippen LogP contribution is 2.22. The molecule has 1 aliphatic rings. The van der Waals surface area contributed by atoms with Gasteiger partial charge in [-0.25, -0.2) is 23.1 Å². The second kappa shape index (κ2) is 5.17. The monoisotopic (exact) mass is 271 g/mol. The lowest BCUT2D eigenvalue weighted by atomic mass is 10.3. The fraction of sp³-hybridized carbons (Fsp3) is 0.600. The van der Waals surface area contributed by atoms with Crippen molar-refractivity contribution in [2.45, 2.75) is 11.9 Å². The zero-order valence-electron chi connectivity index (χ0n) is 10.5. The second-order valence-corrected chi connectivity index (χ2v) is 5.85. The smallest absolute Gasteiger partial charge is 0.260 e. The van der Waals surface area contributed by atoms with Gasteiger partial charge in [0.2, 0.25) is 0 Å². The van der Waals surface area contributed by atoms with E-state index < -0.39 is 10.0 Å². The van der Waals surface area contributed by atoms with Crippen LogP contribution in [0.3, 0.4) is 0 Å². The molecule has 1 saturated heterocycles. The molecule has 1 fully saturated rings. The lowest BCUT2D eigenvalue weighted by Crippen LogP contribution is -2.44. The van der Waals surface area contributed by atoms with Crippen LogP contribution >= 0.6 is 0 Å². The summed E-state index contributed by atoms with van der Waals surface area (Å²) in [4.78, 5) is 10.2. The molecule has 7 nitrogen and oxygen atoms in total. The van der Waals surface area contributed by atoms with Crippen molar-refractivity contribution in [3.8, 4) is 0 Å². The van der Waals surface area contributed by atoms with Gasteiger partial charge in [0.05, 0.1) is 11.9 Å². The van der Waals surface area contributed by atoms with Crippen molar-refractivity contribution < 1.29 is 8.42 Å². The molecule has 1 aliphatic heterocycles. The fourth-order valence-electron chi connectivity index (χ4n) is 1.86. The molecule has 0 atom stereocenters. The van der Waals surface area contributed by atoms with Crippen LogP contribution in [0, 0.1) is 6.92 Å². The predicted molar refractivity (Wildman–Crippen MR) is 68.1 cm³/mol. The quantitative estimate of drug-likeness (QED) is 0.693. The highest BCUT2D eigenvalue weighted by Gasteiger charge is 2.24. The third-order valence-electron chi connectivity index (χ3n) is 2.84. The van der Waals surface area contributed by atoms with Crippen molar-refractivity contribution in [1.82, 2.24) is 20.0 Å². The van der Waals surface area contributed by atoms with Crippen molar-refractivity contribution in [3.05, 3.63) is 12.0 Å². The first-order chi connectivity index (χ1) is 8.54. The summed E-state index contributed by atoms with van der Waals surface area (Å²) in [6, 6.07) is 0. The van der Waals surface area contributed by atoms with E-state index in [4.69, 9.17) is 0 Å². The molecule has 1 aromatic heterocycles. The van der Waals surface area contributed by atoms with Crippen molar-refractivity contribution in [3.63, 3.8) is 0 Å². The number of hydrogen-bond donors (Lipinski definition) is 2. The Morgan fingerprint density at radius 2 is 2.06 bits per heavy atom. The summed E-state index contributed by atoms with van der Waals surface area (Å²) >= 11 is 0. The van der Waals surface area contributed by atoms with Gasteiger partial charge < -0.3 is 10.2 Å². The Balaban J connectivity index is 2.46. The van der Waals surface area contributed by atoms with Crippen LogP contribution < -0.4 is 14.9 Å². The molecule has 0 unspecified atom stereocenters. The molecular weight excluding hydrogens is 254 g/mol. The van der Waals surface area contributed by atoms with Crippen LogP contribution in [0.25, 0.3) is 0 Å². The van der Waals surface area contributed by atoms with Gasteiger partial charge in [0.1, 0.15) is 5.82 Å². The van der Waals surface area contributed by atoms with Gasteiger partial charge in [-0.15, -0.1) is 0 Å². The standard InChI is InChI=1S/C10H17N5O2S/c1-8-13-7-9(15-5-3-12-4-6-15)10(14-8)18(16,17)11-2/h7,11-12H,3-6H2,1-2H3. The van der Waals surface area contributed by atoms with Crippen molar-refractivity contribution in [2.24, 2.45) is 0 Å². The maximum absolute atomic E-state index is 12.0. The number of piperazine rings is 1. The first-order valence-corrected chi connectivity index (χ1v) is 7.26. The number of hydrogen-bond acceptors (Lipinski definition) is 6. The van der Waals surface area contributed by atoms with Crippen LogP contribution in [0.5, 0.6) is 0 Å². The van der Waals surface area contributed by atoms with E-state index in [1.54, 1.807) is 13.1 Å². The largest absolute Gasteiger partial charge is 0.365 e. The van der Waals surface area contributed by atoms with E-state index >= 15 is 0 Å². The third kappa shape index (κ3) is 2.60. The molecule has 2 N–H and O–H groups in total. The van der Waals surface area contributed by atoms with Crippen LogP contribution in [-0.2, 0) is 10.0 Å². The molecule has 2 heterocycles. The van der Waals surface area contributed by atoms with Gasteiger partial charge in [-0.05, 0) is 14.0 Å². The van der Waals surface area contributed by atoms with Crippen molar-refractivity contribution in [1.29, 1.82) is 0 Å². The summed E-state index contributed by atoms with van der Waals surface area (Å²) in [7, 11) is -2.18. The van der Waals surface area contributed by atoms with Crippen LogP contribution in [0.15, 0.2) is 11.2 Å². The highest BCUT2D eigenvalue weighted by molar-refractivity contribution is 7.89. The Kier molecular flexibility index (Phi) is 3.79. The average Bonchev–Trinajstić information content (AvgIpc) is 2.39. The SMILES string of the molecule is CNS(=O)(=O)c1nc(C)ncc1N1CCNCC1. The van der Waals surface area contributed by atoms with Gasteiger partial charge >= 0.3 is 0 Å². The Hall–Kier alpha value is -1.25. The molecule has 0 amide bonds. The number of aryl methyl sites for hydroxylation is 1. The lowest BCUT2D eigenvalue weighted by molar-refractivity contribution is 0.570. The summed E-state index contributed by atoms with van der Waals surface area (Å²) in [5, 5.41) is 3.28. The van der Waals surface area contributed by atoms with Gasteiger partial charge in [0, 0.05) is 26.2 Å². The average molecular weight is 271 g/mol. The molecule has 2 rings (SSSR count). The van der Waals surface area contributed by atoms with Crippen molar-refractivity contribution >= 4 is 15.7 Å². The number of anilines is 1. The van der Waals surface area contributed by atoms with E-state index in [2.05, 4.69) is 20.0 Å². The van der Waals surface area contributed by atoms with Crippen molar-refractivity contribution in [2.75, 3.05) is 38.1 Å². The first kappa shape index (κ1) is 13.2. The van der Waals surface area contributed by atoms with Gasteiger partial charge in [-0.1, -0.05) is 0 Å². The maximum Gasteiger partial charge on any atom is 0.260 e. The highest BCUT2D eigenvalue weighted by atomic mass is 32.2. The van der Waals surface area contributed by atoms with Crippen LogP contribution in [0.1, 0.15) is 5.82 Å². The predicted octanol–water partition coefficient (Wildman–Crippen LogP) is -0.897. The zero-order chi connectivity index (χ0) is 13.2. The third-order valence-corrected chi connectivity index (χ3v) is 4.18. The van der Waals surface area contributed by atoms with E-state index in [0.29, 0.717) is 11.5 Å². The Morgan fingerprint density at radius 1 is 1.39 bits per heavy atom. The van der Waals surface area contributed by atoms with Crippen LogP contribution in [0.4, 0.5) is 5.69 Å². The van der Waals surface area contributed by atoms with E-state index in [1.165, 1.54) is 7.05 Å². The number of nitrogens with zero attached hydrogens (tertiary/aromatic N) is 3. The topological polar surface area (TPSA) is 87.2 Å². The van der Waals surface area contributed by atoms with E-state index in [1.807, 2.05) is 4.90 Å². The van der Waals surface area contributed by atoms with Gasteiger partial charge in [0.25, 0.3) is 10.0 Å². The number of nitrogens with one attached hydrogen (secondary N) is 2. The Labute approximate surface area is 107 Å². The first-order valence-electron chi connectivity index (χ1n) is 5.77. The molecular formula is C10H17N5O2S. The summed E-state index contributed by atoms with van der Waals surface area (Å²) in [6.45, 7) is 4.83. The second-order valence-electron chi connectivity index (χ2n) is 4.05. The van der Waals surface area contributed by atoms with Gasteiger partial charge in [-0.3, -0.25) is 0 Å². The number of rotatable bonds is 3. The molecule has 0 saturated carbocycles. The van der Waals surface area contributed by atoms with E-state index in [-0.39, 0.29) is 5.03 Å². The maximum atomic E-state index is 12.0. The van der Waals surface area contributed by atoms with E-state index in [9.17, 15) is 8.42 Å². The molecule has 8 heteroatoms. The van der Waals surface area contributed by atoms with Crippen LogP contribution in [-0.4, -0.2) is 51.6 Å². The Morgan fingerprint density at radius 3 is 2.67 bits per heavy atom. The molecule has 100 valence electrons. The minimum atomic E-state index is -3.56. The van der Waals surface area contributed by atoms with Crippen LogP contribution in [0.2, 0.25) is 0 Å². The number of aromatic nitrogens is 2. The fourth-order valence-corrected chi connectivity index (χ4v) is 2.76. The molecule has 0 aliphatic carbocycles. The van der Waals surface area contributed by atoms with Gasteiger partial charge in [-0.2, -0.15) is 0 Å². The normalized spacial score (nSPS) is 16.9. The molecule has 0 bridgehead atoms. The molecule has 0 aromatic carbocycles. The minimum Gasteiger partial charge on any atom is -0.365 e. The lowest BCUT2D eigenvalue weighted by Gasteiger charge is -2.30. The molecule has 0 radical (unpaired) electrons. The summed E-state index contributed by atoms with van der Waals surface area (Å²) in [6.07, 6.45) is 1.58. The number of sulfonamides is 1. The molecule has 0 spiro atoms. The minimum absolute atomic E-state index is 0.0550. The summed E-state index contributed by atoms with van der Waals surface area (Å²) in [5.74, 6) is 0.447. The van der Waals surface area contributed by atoms with E-state index in [0.717, 1.165) is 26.2 Å².